The molecule has 0 bridgehead atoms. The monoisotopic (exact) mass is 421 g/mol. The summed E-state index contributed by atoms with van der Waals surface area (Å²) >= 11 is 0. The van der Waals surface area contributed by atoms with E-state index in [2.05, 4.69) is 10.3 Å². The molecule has 7 nitrogen and oxygen atoms in total. The minimum atomic E-state index is -0.359. The lowest BCUT2D eigenvalue weighted by Crippen LogP contribution is -2.33. The van der Waals surface area contributed by atoms with E-state index in [9.17, 15) is 14.4 Å². The highest BCUT2D eigenvalue weighted by molar-refractivity contribution is 6.21. The van der Waals surface area contributed by atoms with Crippen LogP contribution in [-0.2, 0) is 4.79 Å². The standard InChI is InChI=1S/C24H27N3O4/c1-16-9-10-18-19(14-16)24(30)27(23(18)29)13-11-21(28)26-22-20(8-5-12-25-22)31-15-17-6-3-2-4-7-17/h5,8-10,12,14,17H,2-4,6-7,11,13,15H2,1H3,(H,25,26,28). The number of imide groups is 1. The van der Waals surface area contributed by atoms with E-state index in [1.807, 2.05) is 6.92 Å². The Balaban J connectivity index is 1.33. The molecule has 0 spiro atoms. The number of rotatable bonds is 7. The minimum Gasteiger partial charge on any atom is -0.489 e. The fourth-order valence-corrected chi connectivity index (χ4v) is 4.18. The van der Waals surface area contributed by atoms with Crippen molar-refractivity contribution >= 4 is 23.5 Å². The lowest BCUT2D eigenvalue weighted by atomic mass is 9.90. The van der Waals surface area contributed by atoms with E-state index in [0.717, 1.165) is 10.5 Å². The number of carbonyl (C=O) groups excluding carboxylic acids is 3. The number of aryl methyl sites for hydroxylation is 1. The van der Waals surface area contributed by atoms with Gasteiger partial charge >= 0.3 is 0 Å². The fourth-order valence-electron chi connectivity index (χ4n) is 4.18. The predicted octanol–water partition coefficient (Wildman–Crippen LogP) is 3.97. The fraction of sp³-hybridized carbons (Fsp3) is 0.417. The number of anilines is 1. The van der Waals surface area contributed by atoms with E-state index in [-0.39, 0.29) is 30.7 Å². The van der Waals surface area contributed by atoms with Gasteiger partial charge in [0.1, 0.15) is 0 Å². The van der Waals surface area contributed by atoms with Crippen LogP contribution in [0.25, 0.3) is 0 Å². The molecule has 31 heavy (non-hydrogen) atoms. The maximum atomic E-state index is 12.6. The van der Waals surface area contributed by atoms with E-state index in [4.69, 9.17) is 4.74 Å². The first-order valence-corrected chi connectivity index (χ1v) is 10.9. The molecule has 1 N–H and O–H groups in total. The van der Waals surface area contributed by atoms with Crippen molar-refractivity contribution in [2.45, 2.75) is 45.4 Å². The van der Waals surface area contributed by atoms with Crippen LogP contribution in [0.1, 0.15) is 64.8 Å². The average molecular weight is 421 g/mol. The molecule has 2 aliphatic rings. The molecule has 2 heterocycles. The van der Waals surface area contributed by atoms with Crippen LogP contribution in [0.15, 0.2) is 36.5 Å². The number of aromatic nitrogens is 1. The molecule has 1 fully saturated rings. The number of benzene rings is 1. The summed E-state index contributed by atoms with van der Waals surface area (Å²) in [5, 5.41) is 2.76. The number of nitrogens with one attached hydrogen (secondary N) is 1. The second-order valence-electron chi connectivity index (χ2n) is 8.27. The SMILES string of the molecule is Cc1ccc2c(c1)C(=O)N(CCC(=O)Nc1ncccc1OCC1CCCCC1)C2=O. The molecule has 2 aromatic rings. The van der Waals surface area contributed by atoms with Gasteiger partial charge in [-0.05, 0) is 49.9 Å². The largest absolute Gasteiger partial charge is 0.489 e. The van der Waals surface area contributed by atoms with Gasteiger partial charge in [0.25, 0.3) is 11.8 Å². The molecule has 0 radical (unpaired) electrons. The summed E-state index contributed by atoms with van der Waals surface area (Å²) in [6, 6.07) is 8.73. The Labute approximate surface area is 181 Å². The lowest BCUT2D eigenvalue weighted by molar-refractivity contribution is -0.116. The third kappa shape index (κ3) is 4.76. The van der Waals surface area contributed by atoms with Crippen molar-refractivity contribution in [3.05, 3.63) is 53.2 Å². The summed E-state index contributed by atoms with van der Waals surface area (Å²) in [6.45, 7) is 2.50. The molecule has 162 valence electrons. The zero-order valence-electron chi connectivity index (χ0n) is 17.7. The number of pyridine rings is 1. The van der Waals surface area contributed by atoms with Gasteiger partial charge in [-0.25, -0.2) is 4.98 Å². The van der Waals surface area contributed by atoms with Gasteiger partial charge < -0.3 is 10.1 Å². The Morgan fingerprint density at radius 1 is 1.13 bits per heavy atom. The van der Waals surface area contributed by atoms with Gasteiger partial charge in [-0.1, -0.05) is 30.9 Å². The first-order valence-electron chi connectivity index (χ1n) is 10.9. The maximum absolute atomic E-state index is 12.6. The summed E-state index contributed by atoms with van der Waals surface area (Å²) in [7, 11) is 0. The smallest absolute Gasteiger partial charge is 0.261 e. The van der Waals surface area contributed by atoms with Crippen LogP contribution < -0.4 is 10.1 Å². The number of hydrogen-bond donors (Lipinski definition) is 1. The Hall–Kier alpha value is -3.22. The van der Waals surface area contributed by atoms with E-state index in [0.29, 0.717) is 35.2 Å². The molecule has 1 aliphatic heterocycles. The first kappa shape index (κ1) is 21.0. The number of carbonyl (C=O) groups is 3. The highest BCUT2D eigenvalue weighted by atomic mass is 16.5. The molecule has 1 aromatic heterocycles. The number of amides is 3. The number of ether oxygens (including phenoxy) is 1. The van der Waals surface area contributed by atoms with Crippen LogP contribution >= 0.6 is 0 Å². The third-order valence-electron chi connectivity index (χ3n) is 5.92. The summed E-state index contributed by atoms with van der Waals surface area (Å²) in [6.07, 6.45) is 7.68. The number of hydrogen-bond acceptors (Lipinski definition) is 5. The van der Waals surface area contributed by atoms with Crippen molar-refractivity contribution in [3.63, 3.8) is 0 Å². The van der Waals surface area contributed by atoms with Gasteiger partial charge in [0.15, 0.2) is 11.6 Å². The molecular weight excluding hydrogens is 394 g/mol. The van der Waals surface area contributed by atoms with Gasteiger partial charge in [0.05, 0.1) is 17.7 Å². The van der Waals surface area contributed by atoms with E-state index < -0.39 is 0 Å². The van der Waals surface area contributed by atoms with Crippen molar-refractivity contribution in [3.8, 4) is 5.75 Å². The van der Waals surface area contributed by atoms with E-state index in [1.165, 1.54) is 32.1 Å². The van der Waals surface area contributed by atoms with Gasteiger partial charge in [0.2, 0.25) is 5.91 Å². The normalized spacial score (nSPS) is 16.4. The van der Waals surface area contributed by atoms with Crippen LogP contribution in [-0.4, -0.2) is 40.8 Å². The van der Waals surface area contributed by atoms with E-state index >= 15 is 0 Å². The lowest BCUT2D eigenvalue weighted by Gasteiger charge is -2.22. The molecule has 0 saturated heterocycles. The van der Waals surface area contributed by atoms with Crippen LogP contribution in [0.2, 0.25) is 0 Å². The first-order chi connectivity index (χ1) is 15.0. The van der Waals surface area contributed by atoms with Crippen molar-refractivity contribution in [2.75, 3.05) is 18.5 Å². The molecule has 4 rings (SSSR count). The zero-order valence-corrected chi connectivity index (χ0v) is 17.7. The number of nitrogens with zero attached hydrogens (tertiary/aromatic N) is 2. The average Bonchev–Trinajstić information content (AvgIpc) is 3.01. The van der Waals surface area contributed by atoms with Crippen molar-refractivity contribution in [1.82, 2.24) is 9.88 Å². The summed E-state index contributed by atoms with van der Waals surface area (Å²) in [4.78, 5) is 42.9. The summed E-state index contributed by atoms with van der Waals surface area (Å²) in [5.41, 5.74) is 1.70. The molecule has 0 unspecified atom stereocenters. The molecule has 0 atom stereocenters. The Bertz CT molecular complexity index is 998. The summed E-state index contributed by atoms with van der Waals surface area (Å²) in [5.74, 6) is 0.399. The predicted molar refractivity (Wildman–Crippen MR) is 116 cm³/mol. The Morgan fingerprint density at radius 3 is 2.71 bits per heavy atom. The van der Waals surface area contributed by atoms with Crippen LogP contribution in [0.3, 0.4) is 0 Å². The Morgan fingerprint density at radius 2 is 1.90 bits per heavy atom. The molecule has 1 aromatic carbocycles. The van der Waals surface area contributed by atoms with Gasteiger partial charge in [-0.3, -0.25) is 19.3 Å². The van der Waals surface area contributed by atoms with Crippen molar-refractivity contribution in [2.24, 2.45) is 5.92 Å². The molecule has 3 amide bonds. The molecular formula is C24H27N3O4. The van der Waals surface area contributed by atoms with E-state index in [1.54, 1.807) is 36.5 Å². The van der Waals surface area contributed by atoms with Crippen molar-refractivity contribution < 1.29 is 19.1 Å². The highest BCUT2D eigenvalue weighted by Crippen LogP contribution is 2.27. The second-order valence-corrected chi connectivity index (χ2v) is 8.27. The summed E-state index contributed by atoms with van der Waals surface area (Å²) < 4.78 is 5.95. The molecule has 7 heteroatoms. The Kier molecular flexibility index (Phi) is 6.30. The van der Waals surface area contributed by atoms with Gasteiger partial charge in [0, 0.05) is 19.2 Å². The van der Waals surface area contributed by atoms with Gasteiger partial charge in [-0.15, -0.1) is 0 Å². The van der Waals surface area contributed by atoms with Crippen LogP contribution in [0.4, 0.5) is 5.82 Å². The zero-order chi connectivity index (χ0) is 21.8. The molecule has 1 saturated carbocycles. The highest BCUT2D eigenvalue weighted by Gasteiger charge is 2.35. The second kappa shape index (κ2) is 9.29. The van der Waals surface area contributed by atoms with Gasteiger partial charge in [-0.2, -0.15) is 0 Å². The van der Waals surface area contributed by atoms with Crippen LogP contribution in [0, 0.1) is 12.8 Å². The minimum absolute atomic E-state index is 0.0108. The topological polar surface area (TPSA) is 88.6 Å². The van der Waals surface area contributed by atoms with Crippen LogP contribution in [0.5, 0.6) is 5.75 Å². The molecule has 1 aliphatic carbocycles. The quantitative estimate of drug-likeness (QED) is 0.684. The number of fused-ring (bicyclic) bond motifs is 1. The maximum Gasteiger partial charge on any atom is 0.261 e. The van der Waals surface area contributed by atoms with Crippen molar-refractivity contribution in [1.29, 1.82) is 0 Å². The third-order valence-corrected chi connectivity index (χ3v) is 5.92.